The molecule has 0 aromatic heterocycles. The van der Waals surface area contributed by atoms with Crippen molar-refractivity contribution >= 4 is 29.3 Å². The van der Waals surface area contributed by atoms with Crippen LogP contribution in [-0.4, -0.2) is 61.1 Å². The molecule has 0 aliphatic carbocycles. The zero-order valence-electron chi connectivity index (χ0n) is 12.4. The Hall–Kier alpha value is -1.79. The lowest BCUT2D eigenvalue weighted by atomic mass is 10.2. The van der Waals surface area contributed by atoms with Gasteiger partial charge in [0.05, 0.1) is 11.3 Å². The molecule has 1 aromatic carbocycles. The number of rotatable bonds is 6. The molecule has 0 fully saturated rings. The van der Waals surface area contributed by atoms with E-state index >= 15 is 0 Å². The molecule has 1 aromatic rings. The van der Waals surface area contributed by atoms with Crippen molar-refractivity contribution in [2.75, 3.05) is 39.5 Å². The minimum Gasteiger partial charge on any atom is -0.478 e. The maximum absolute atomic E-state index is 12.0. The molecule has 0 aliphatic heterocycles. The fourth-order valence-corrected chi connectivity index (χ4v) is 1.91. The Labute approximate surface area is 129 Å². The van der Waals surface area contributed by atoms with E-state index in [0.29, 0.717) is 11.6 Å². The topological polar surface area (TPSA) is 72.9 Å². The standard InChI is InChI=1S/C14H20ClN3O3/c1-17(2)7-4-8-18(3)14(21)16-12-9-10(15)5-6-11(12)13(19)20/h5-6,9H,4,7-8H2,1-3H3,(H,16,21)(H,19,20). The van der Waals surface area contributed by atoms with Gasteiger partial charge >= 0.3 is 12.0 Å². The van der Waals surface area contributed by atoms with Gasteiger partial charge in [-0.25, -0.2) is 9.59 Å². The van der Waals surface area contributed by atoms with E-state index in [1.807, 2.05) is 19.0 Å². The molecule has 0 spiro atoms. The number of anilines is 1. The van der Waals surface area contributed by atoms with Gasteiger partial charge in [0.25, 0.3) is 0 Å². The van der Waals surface area contributed by atoms with Gasteiger partial charge in [-0.2, -0.15) is 0 Å². The molecule has 7 heteroatoms. The Kier molecular flexibility index (Phi) is 6.45. The van der Waals surface area contributed by atoms with Gasteiger partial charge in [0.1, 0.15) is 0 Å². The molecule has 21 heavy (non-hydrogen) atoms. The first-order valence-corrected chi connectivity index (χ1v) is 6.88. The van der Waals surface area contributed by atoms with Crippen molar-refractivity contribution in [3.8, 4) is 0 Å². The molecule has 0 radical (unpaired) electrons. The van der Waals surface area contributed by atoms with Crippen molar-refractivity contribution in [2.45, 2.75) is 6.42 Å². The van der Waals surface area contributed by atoms with Crippen LogP contribution in [0.5, 0.6) is 0 Å². The van der Waals surface area contributed by atoms with Crippen LogP contribution in [0.1, 0.15) is 16.8 Å². The lowest BCUT2D eigenvalue weighted by Crippen LogP contribution is -2.33. The molecule has 0 atom stereocenters. The second-order valence-electron chi connectivity index (χ2n) is 5.00. The second-order valence-corrected chi connectivity index (χ2v) is 5.44. The van der Waals surface area contributed by atoms with Crippen LogP contribution in [0.15, 0.2) is 18.2 Å². The highest BCUT2D eigenvalue weighted by atomic mass is 35.5. The number of carbonyl (C=O) groups is 2. The molecular formula is C14H20ClN3O3. The summed E-state index contributed by atoms with van der Waals surface area (Å²) in [5.41, 5.74) is 0.203. The monoisotopic (exact) mass is 313 g/mol. The van der Waals surface area contributed by atoms with Gasteiger partial charge in [-0.1, -0.05) is 11.6 Å². The van der Waals surface area contributed by atoms with Crippen molar-refractivity contribution in [3.05, 3.63) is 28.8 Å². The van der Waals surface area contributed by atoms with Gasteiger partial charge in [0, 0.05) is 18.6 Å². The molecule has 116 valence electrons. The molecule has 0 heterocycles. The fourth-order valence-electron chi connectivity index (χ4n) is 1.74. The summed E-state index contributed by atoms with van der Waals surface area (Å²) in [5, 5.41) is 12.0. The molecule has 2 amide bonds. The van der Waals surface area contributed by atoms with Crippen LogP contribution in [0.4, 0.5) is 10.5 Å². The summed E-state index contributed by atoms with van der Waals surface area (Å²) in [6.45, 7) is 1.45. The van der Waals surface area contributed by atoms with Crippen LogP contribution in [0.2, 0.25) is 5.02 Å². The van der Waals surface area contributed by atoms with E-state index in [-0.39, 0.29) is 17.3 Å². The SMILES string of the molecule is CN(C)CCCN(C)C(=O)Nc1cc(Cl)ccc1C(=O)O. The van der Waals surface area contributed by atoms with Crippen molar-refractivity contribution in [2.24, 2.45) is 0 Å². The molecule has 0 bridgehead atoms. The lowest BCUT2D eigenvalue weighted by molar-refractivity contribution is 0.0698. The number of carboxylic acids is 1. The number of nitrogens with zero attached hydrogens (tertiary/aromatic N) is 2. The first kappa shape index (κ1) is 17.3. The summed E-state index contributed by atoms with van der Waals surface area (Å²) >= 11 is 5.84. The number of hydrogen-bond acceptors (Lipinski definition) is 3. The number of halogens is 1. The van der Waals surface area contributed by atoms with Crippen LogP contribution in [-0.2, 0) is 0 Å². The summed E-state index contributed by atoms with van der Waals surface area (Å²) in [7, 11) is 5.59. The van der Waals surface area contributed by atoms with E-state index in [1.165, 1.54) is 23.1 Å². The van der Waals surface area contributed by atoms with E-state index in [1.54, 1.807) is 7.05 Å². The number of nitrogens with one attached hydrogen (secondary N) is 1. The fraction of sp³-hybridized carbons (Fsp3) is 0.429. The number of benzene rings is 1. The highest BCUT2D eigenvalue weighted by Gasteiger charge is 2.15. The number of aromatic carboxylic acids is 1. The van der Waals surface area contributed by atoms with Crippen molar-refractivity contribution in [1.29, 1.82) is 0 Å². The van der Waals surface area contributed by atoms with E-state index in [9.17, 15) is 9.59 Å². The minimum atomic E-state index is -1.11. The van der Waals surface area contributed by atoms with Gasteiger partial charge in [-0.3, -0.25) is 0 Å². The zero-order valence-corrected chi connectivity index (χ0v) is 13.1. The van der Waals surface area contributed by atoms with Crippen molar-refractivity contribution < 1.29 is 14.7 Å². The van der Waals surface area contributed by atoms with Gasteiger partial charge in [0.2, 0.25) is 0 Å². The smallest absolute Gasteiger partial charge is 0.337 e. The molecule has 0 saturated heterocycles. The molecule has 0 aliphatic rings. The Bertz CT molecular complexity index is 520. The Morgan fingerprint density at radius 2 is 1.90 bits per heavy atom. The largest absolute Gasteiger partial charge is 0.478 e. The highest BCUT2D eigenvalue weighted by Crippen LogP contribution is 2.21. The van der Waals surface area contributed by atoms with Crippen molar-refractivity contribution in [1.82, 2.24) is 9.80 Å². The van der Waals surface area contributed by atoms with Gasteiger partial charge in [-0.15, -0.1) is 0 Å². The molecule has 0 saturated carbocycles. The molecule has 1 rings (SSSR count). The third kappa shape index (κ3) is 5.61. The molecule has 2 N–H and O–H groups in total. The van der Waals surface area contributed by atoms with Crippen LogP contribution in [0.3, 0.4) is 0 Å². The Morgan fingerprint density at radius 3 is 2.48 bits per heavy atom. The highest BCUT2D eigenvalue weighted by molar-refractivity contribution is 6.31. The van der Waals surface area contributed by atoms with Gasteiger partial charge in [-0.05, 0) is 45.3 Å². The second kappa shape index (κ2) is 7.85. The van der Waals surface area contributed by atoms with Crippen LogP contribution in [0, 0.1) is 0 Å². The Morgan fingerprint density at radius 1 is 1.24 bits per heavy atom. The summed E-state index contributed by atoms with van der Waals surface area (Å²) in [6, 6.07) is 3.91. The van der Waals surface area contributed by atoms with Crippen LogP contribution >= 0.6 is 11.6 Å². The summed E-state index contributed by atoms with van der Waals surface area (Å²) in [5.74, 6) is -1.11. The predicted octanol–water partition coefficient (Wildman–Crippen LogP) is 2.45. The summed E-state index contributed by atoms with van der Waals surface area (Å²) < 4.78 is 0. The number of carboxylic acid groups (broad SMARTS) is 1. The summed E-state index contributed by atoms with van der Waals surface area (Å²) in [4.78, 5) is 26.7. The zero-order chi connectivity index (χ0) is 16.0. The first-order valence-electron chi connectivity index (χ1n) is 6.51. The first-order chi connectivity index (χ1) is 9.81. The normalized spacial score (nSPS) is 10.5. The quantitative estimate of drug-likeness (QED) is 0.846. The summed E-state index contributed by atoms with van der Waals surface area (Å²) in [6.07, 6.45) is 0.832. The molecular weight excluding hydrogens is 294 g/mol. The lowest BCUT2D eigenvalue weighted by Gasteiger charge is -2.19. The van der Waals surface area contributed by atoms with Crippen LogP contribution in [0.25, 0.3) is 0 Å². The average molecular weight is 314 g/mol. The van der Waals surface area contributed by atoms with E-state index in [0.717, 1.165) is 13.0 Å². The Balaban J connectivity index is 2.69. The van der Waals surface area contributed by atoms with Crippen LogP contribution < -0.4 is 5.32 Å². The predicted molar refractivity (Wildman–Crippen MR) is 83.2 cm³/mol. The maximum atomic E-state index is 12.0. The number of carbonyl (C=O) groups excluding carboxylic acids is 1. The number of urea groups is 1. The van der Waals surface area contributed by atoms with Gasteiger partial charge < -0.3 is 20.2 Å². The van der Waals surface area contributed by atoms with E-state index in [2.05, 4.69) is 5.32 Å². The number of hydrogen-bond donors (Lipinski definition) is 2. The average Bonchev–Trinajstić information content (AvgIpc) is 2.37. The van der Waals surface area contributed by atoms with E-state index in [4.69, 9.17) is 16.7 Å². The van der Waals surface area contributed by atoms with E-state index < -0.39 is 5.97 Å². The maximum Gasteiger partial charge on any atom is 0.337 e. The molecule has 6 nitrogen and oxygen atoms in total. The minimum absolute atomic E-state index is 0.00874. The third-order valence-corrected chi connectivity index (χ3v) is 3.13. The van der Waals surface area contributed by atoms with Crippen molar-refractivity contribution in [3.63, 3.8) is 0 Å². The molecule has 0 unspecified atom stereocenters. The third-order valence-electron chi connectivity index (χ3n) is 2.90. The van der Waals surface area contributed by atoms with Gasteiger partial charge in [0.15, 0.2) is 0 Å². The number of amides is 2.